The average Bonchev–Trinajstić information content (AvgIpc) is 2.29. The van der Waals surface area contributed by atoms with Gasteiger partial charge < -0.3 is 4.90 Å². The summed E-state index contributed by atoms with van der Waals surface area (Å²) in [7, 11) is 2.30. The van der Waals surface area contributed by atoms with E-state index in [0.29, 0.717) is 0 Å². The maximum absolute atomic E-state index is 2.55. The summed E-state index contributed by atoms with van der Waals surface area (Å²) in [5.41, 5.74) is 0. The normalized spacial score (nSPS) is 15.0. The number of hydrogen-bond donors (Lipinski definition) is 0. The predicted octanol–water partition coefficient (Wildman–Crippen LogP) is 5.35. The van der Waals surface area contributed by atoms with Crippen molar-refractivity contribution in [2.24, 2.45) is 11.8 Å². The molecule has 1 nitrogen and oxygen atoms in total. The minimum Gasteiger partial charge on any atom is -0.306 e. The molecule has 110 valence electrons. The maximum Gasteiger partial charge on any atom is 0.000408 e. The lowest BCUT2D eigenvalue weighted by Crippen LogP contribution is -2.29. The molecule has 0 aliphatic carbocycles. The van der Waals surface area contributed by atoms with E-state index >= 15 is 0 Å². The highest BCUT2D eigenvalue weighted by atomic mass is 15.1. The SMILES string of the molecule is CCCCCC(C)CN(C)CC(C)CCCCC. The zero-order valence-electron chi connectivity index (χ0n) is 13.7. The monoisotopic (exact) mass is 255 g/mol. The summed E-state index contributed by atoms with van der Waals surface area (Å²) < 4.78 is 0. The lowest BCUT2D eigenvalue weighted by atomic mass is 10.0. The van der Waals surface area contributed by atoms with Gasteiger partial charge in [0.15, 0.2) is 0 Å². The number of hydrogen-bond acceptors (Lipinski definition) is 1. The number of rotatable bonds is 12. The van der Waals surface area contributed by atoms with Gasteiger partial charge >= 0.3 is 0 Å². The molecule has 0 spiro atoms. The van der Waals surface area contributed by atoms with Crippen LogP contribution in [0.15, 0.2) is 0 Å². The van der Waals surface area contributed by atoms with Crippen LogP contribution in [0.25, 0.3) is 0 Å². The standard InChI is InChI=1S/C17H37N/c1-6-8-10-12-16(3)14-18(5)15-17(4)13-11-9-7-2/h16-17H,6-15H2,1-5H3. The fourth-order valence-electron chi connectivity index (χ4n) is 2.81. The second kappa shape index (κ2) is 12.0. The Balaban J connectivity index is 3.58. The van der Waals surface area contributed by atoms with Gasteiger partial charge in [-0.15, -0.1) is 0 Å². The molecule has 2 unspecified atom stereocenters. The van der Waals surface area contributed by atoms with Crippen molar-refractivity contribution in [3.05, 3.63) is 0 Å². The van der Waals surface area contributed by atoms with Crippen molar-refractivity contribution in [3.8, 4) is 0 Å². The molecule has 0 rings (SSSR count). The van der Waals surface area contributed by atoms with Gasteiger partial charge in [-0.25, -0.2) is 0 Å². The molecule has 0 saturated heterocycles. The first-order valence-electron chi connectivity index (χ1n) is 8.28. The molecule has 0 aromatic carbocycles. The fourth-order valence-corrected chi connectivity index (χ4v) is 2.81. The maximum atomic E-state index is 2.55. The molecule has 0 N–H and O–H groups in total. The molecule has 2 atom stereocenters. The van der Waals surface area contributed by atoms with Gasteiger partial charge in [-0.2, -0.15) is 0 Å². The summed E-state index contributed by atoms with van der Waals surface area (Å²) in [6.07, 6.45) is 11.1. The van der Waals surface area contributed by atoms with Gasteiger partial charge in [0.1, 0.15) is 0 Å². The van der Waals surface area contributed by atoms with Gasteiger partial charge in [-0.3, -0.25) is 0 Å². The second-order valence-corrected chi connectivity index (χ2v) is 6.42. The van der Waals surface area contributed by atoms with E-state index in [1.807, 2.05) is 0 Å². The molecule has 0 fully saturated rings. The quantitative estimate of drug-likeness (QED) is 0.425. The highest BCUT2D eigenvalue weighted by Gasteiger charge is 2.09. The Bertz CT molecular complexity index is 149. The van der Waals surface area contributed by atoms with E-state index in [2.05, 4.69) is 39.6 Å². The van der Waals surface area contributed by atoms with Crippen molar-refractivity contribution in [1.82, 2.24) is 4.90 Å². The van der Waals surface area contributed by atoms with Gasteiger partial charge in [0.25, 0.3) is 0 Å². The van der Waals surface area contributed by atoms with Crippen molar-refractivity contribution in [1.29, 1.82) is 0 Å². The largest absolute Gasteiger partial charge is 0.306 e. The molecular weight excluding hydrogens is 218 g/mol. The van der Waals surface area contributed by atoms with Crippen LogP contribution in [0, 0.1) is 11.8 Å². The van der Waals surface area contributed by atoms with Gasteiger partial charge in [0, 0.05) is 13.1 Å². The van der Waals surface area contributed by atoms with E-state index in [1.165, 1.54) is 64.5 Å². The number of nitrogens with zero attached hydrogens (tertiary/aromatic N) is 1. The van der Waals surface area contributed by atoms with Gasteiger partial charge in [-0.1, -0.05) is 66.2 Å². The fraction of sp³-hybridized carbons (Fsp3) is 1.00. The summed E-state index contributed by atoms with van der Waals surface area (Å²) in [4.78, 5) is 2.55. The van der Waals surface area contributed by atoms with E-state index in [1.54, 1.807) is 0 Å². The summed E-state index contributed by atoms with van der Waals surface area (Å²) in [6.45, 7) is 12.0. The Morgan fingerprint density at radius 3 is 1.44 bits per heavy atom. The van der Waals surface area contributed by atoms with Gasteiger partial charge in [0.2, 0.25) is 0 Å². The topological polar surface area (TPSA) is 3.24 Å². The molecule has 0 aromatic rings. The van der Waals surface area contributed by atoms with E-state index in [4.69, 9.17) is 0 Å². The molecular formula is C17H37N. The molecule has 0 heterocycles. The second-order valence-electron chi connectivity index (χ2n) is 6.42. The highest BCUT2D eigenvalue weighted by Crippen LogP contribution is 2.14. The van der Waals surface area contributed by atoms with Crippen LogP contribution in [0.1, 0.15) is 79.1 Å². The van der Waals surface area contributed by atoms with E-state index in [9.17, 15) is 0 Å². The van der Waals surface area contributed by atoms with E-state index in [-0.39, 0.29) is 0 Å². The molecule has 0 aliphatic rings. The minimum atomic E-state index is 0.865. The molecule has 0 aromatic heterocycles. The first-order chi connectivity index (χ1) is 8.60. The molecule has 1 heteroatoms. The zero-order valence-corrected chi connectivity index (χ0v) is 13.7. The van der Waals surface area contributed by atoms with Crippen LogP contribution in [0.4, 0.5) is 0 Å². The number of unbranched alkanes of at least 4 members (excludes halogenated alkanes) is 4. The Hall–Kier alpha value is -0.0400. The van der Waals surface area contributed by atoms with Crippen LogP contribution < -0.4 is 0 Å². The summed E-state index contributed by atoms with van der Waals surface area (Å²) in [5.74, 6) is 1.73. The first kappa shape index (κ1) is 18.0. The van der Waals surface area contributed by atoms with Crippen LogP contribution in [0.2, 0.25) is 0 Å². The van der Waals surface area contributed by atoms with Crippen molar-refractivity contribution >= 4 is 0 Å². The van der Waals surface area contributed by atoms with Crippen molar-refractivity contribution < 1.29 is 0 Å². The third-order valence-corrected chi connectivity index (χ3v) is 3.85. The van der Waals surface area contributed by atoms with Crippen molar-refractivity contribution in [3.63, 3.8) is 0 Å². The van der Waals surface area contributed by atoms with Crippen LogP contribution in [0.3, 0.4) is 0 Å². The van der Waals surface area contributed by atoms with Crippen molar-refractivity contribution in [2.45, 2.75) is 79.1 Å². The highest BCUT2D eigenvalue weighted by molar-refractivity contribution is 4.63. The van der Waals surface area contributed by atoms with Gasteiger partial charge in [0.05, 0.1) is 0 Å². The molecule has 0 bridgehead atoms. The molecule has 0 amide bonds. The molecule has 18 heavy (non-hydrogen) atoms. The molecule has 0 aliphatic heterocycles. The summed E-state index contributed by atoms with van der Waals surface area (Å²) in [6, 6.07) is 0. The predicted molar refractivity (Wildman–Crippen MR) is 84.1 cm³/mol. The van der Waals surface area contributed by atoms with Crippen LogP contribution >= 0.6 is 0 Å². The lowest BCUT2D eigenvalue weighted by molar-refractivity contribution is 0.236. The van der Waals surface area contributed by atoms with Crippen LogP contribution in [-0.2, 0) is 0 Å². The minimum absolute atomic E-state index is 0.865. The third kappa shape index (κ3) is 11.1. The Morgan fingerprint density at radius 1 is 0.722 bits per heavy atom. The Kier molecular flexibility index (Phi) is 12.0. The first-order valence-corrected chi connectivity index (χ1v) is 8.28. The third-order valence-electron chi connectivity index (χ3n) is 3.85. The smallest absolute Gasteiger partial charge is 0.000408 e. The van der Waals surface area contributed by atoms with Gasteiger partial charge in [-0.05, 0) is 31.7 Å². The molecule has 0 radical (unpaired) electrons. The van der Waals surface area contributed by atoms with Crippen molar-refractivity contribution in [2.75, 3.05) is 20.1 Å². The molecule has 0 saturated carbocycles. The zero-order chi connectivity index (χ0) is 13.8. The Labute approximate surface area is 116 Å². The van der Waals surface area contributed by atoms with E-state index in [0.717, 1.165) is 11.8 Å². The average molecular weight is 255 g/mol. The summed E-state index contributed by atoms with van der Waals surface area (Å²) in [5, 5.41) is 0. The summed E-state index contributed by atoms with van der Waals surface area (Å²) >= 11 is 0. The van der Waals surface area contributed by atoms with Crippen LogP contribution in [0.5, 0.6) is 0 Å². The Morgan fingerprint density at radius 2 is 1.11 bits per heavy atom. The van der Waals surface area contributed by atoms with Crippen LogP contribution in [-0.4, -0.2) is 25.0 Å². The lowest BCUT2D eigenvalue weighted by Gasteiger charge is -2.24. The van der Waals surface area contributed by atoms with E-state index < -0.39 is 0 Å².